The maximum absolute atomic E-state index is 5.78. The van der Waals surface area contributed by atoms with E-state index < -0.39 is 0 Å². The average molecular weight is 263 g/mol. The monoisotopic (exact) mass is 263 g/mol. The van der Waals surface area contributed by atoms with Crippen LogP contribution in [0.4, 0.5) is 0 Å². The number of rotatable bonds is 4. The van der Waals surface area contributed by atoms with Gasteiger partial charge >= 0.3 is 0 Å². The number of nitrogens with zero attached hydrogens (tertiary/aromatic N) is 1. The summed E-state index contributed by atoms with van der Waals surface area (Å²) in [7, 11) is 4.15. The maximum atomic E-state index is 5.78. The highest BCUT2D eigenvalue weighted by atomic mass is 15.3. The van der Waals surface area contributed by atoms with Crippen LogP contribution < -0.4 is 11.3 Å². The Kier molecular flexibility index (Phi) is 4.77. The predicted molar refractivity (Wildman–Crippen MR) is 83.0 cm³/mol. The Morgan fingerprint density at radius 3 is 1.79 bits per heavy atom. The minimum absolute atomic E-state index is 0.0575. The van der Waals surface area contributed by atoms with Crippen molar-refractivity contribution in [3.05, 3.63) is 35.4 Å². The molecule has 19 heavy (non-hydrogen) atoms. The van der Waals surface area contributed by atoms with Gasteiger partial charge in [0.05, 0.1) is 6.04 Å². The van der Waals surface area contributed by atoms with Gasteiger partial charge < -0.3 is 4.90 Å². The van der Waals surface area contributed by atoms with E-state index in [2.05, 4.69) is 83.3 Å². The molecule has 0 saturated heterocycles. The molecule has 0 fully saturated rings. The third-order valence-electron chi connectivity index (χ3n) is 4.14. The second-order valence-corrected chi connectivity index (χ2v) is 7.02. The molecule has 3 heteroatoms. The van der Waals surface area contributed by atoms with Crippen molar-refractivity contribution < 1.29 is 0 Å². The molecule has 0 bridgehead atoms. The molecule has 108 valence electrons. The lowest BCUT2D eigenvalue weighted by molar-refractivity contribution is 0.138. The molecule has 0 aliphatic heterocycles. The largest absolute Gasteiger partial charge is 0.302 e. The third-order valence-corrected chi connectivity index (χ3v) is 4.14. The molecule has 3 nitrogen and oxygen atoms in total. The highest BCUT2D eigenvalue weighted by molar-refractivity contribution is 5.30. The molecule has 0 spiro atoms. The lowest BCUT2D eigenvalue weighted by Crippen LogP contribution is -2.51. The summed E-state index contributed by atoms with van der Waals surface area (Å²) in [6, 6.07) is 8.85. The van der Waals surface area contributed by atoms with Crippen molar-refractivity contribution in [3.63, 3.8) is 0 Å². The summed E-state index contributed by atoms with van der Waals surface area (Å²) in [5.41, 5.74) is 5.64. The van der Waals surface area contributed by atoms with Crippen molar-refractivity contribution >= 4 is 0 Å². The Morgan fingerprint density at radius 2 is 1.47 bits per heavy atom. The summed E-state index contributed by atoms with van der Waals surface area (Å²) in [5, 5.41) is 0. The van der Waals surface area contributed by atoms with Crippen LogP contribution in [0.5, 0.6) is 0 Å². The second kappa shape index (κ2) is 5.61. The number of hydrogen-bond donors (Lipinski definition) is 2. The summed E-state index contributed by atoms with van der Waals surface area (Å²) < 4.78 is 0. The van der Waals surface area contributed by atoms with Gasteiger partial charge in [0.1, 0.15) is 0 Å². The van der Waals surface area contributed by atoms with Gasteiger partial charge in [0, 0.05) is 5.54 Å². The fraction of sp³-hybridized carbons (Fsp3) is 0.625. The molecule has 0 amide bonds. The molecule has 0 radical (unpaired) electrons. The number of likely N-dealkylation sites (N-methyl/N-ethyl adjacent to an activating group) is 1. The first-order valence-corrected chi connectivity index (χ1v) is 6.84. The molecule has 1 aromatic carbocycles. The van der Waals surface area contributed by atoms with Gasteiger partial charge in [-0.15, -0.1) is 0 Å². The third kappa shape index (κ3) is 3.56. The van der Waals surface area contributed by atoms with Crippen LogP contribution in [-0.2, 0) is 5.41 Å². The summed E-state index contributed by atoms with van der Waals surface area (Å²) in [5.74, 6) is 5.78. The van der Waals surface area contributed by atoms with Crippen molar-refractivity contribution in [1.29, 1.82) is 0 Å². The molecule has 1 unspecified atom stereocenters. The van der Waals surface area contributed by atoms with Crippen LogP contribution in [0.15, 0.2) is 24.3 Å². The Hall–Kier alpha value is -0.900. The van der Waals surface area contributed by atoms with Gasteiger partial charge in [-0.1, -0.05) is 45.0 Å². The molecular weight excluding hydrogens is 234 g/mol. The fourth-order valence-electron chi connectivity index (χ4n) is 2.14. The molecule has 0 aliphatic rings. The molecule has 3 N–H and O–H groups in total. The minimum Gasteiger partial charge on any atom is -0.302 e. The van der Waals surface area contributed by atoms with E-state index in [0.29, 0.717) is 0 Å². The van der Waals surface area contributed by atoms with Crippen LogP contribution >= 0.6 is 0 Å². The molecule has 0 saturated carbocycles. The van der Waals surface area contributed by atoms with Crippen LogP contribution in [0.25, 0.3) is 0 Å². The van der Waals surface area contributed by atoms with E-state index in [0.717, 1.165) is 0 Å². The van der Waals surface area contributed by atoms with Crippen molar-refractivity contribution in [1.82, 2.24) is 10.3 Å². The molecule has 1 rings (SSSR count). The van der Waals surface area contributed by atoms with Crippen LogP contribution in [0.1, 0.15) is 51.8 Å². The number of nitrogens with one attached hydrogen (secondary N) is 1. The maximum Gasteiger partial charge on any atom is 0.0638 e. The van der Waals surface area contributed by atoms with E-state index >= 15 is 0 Å². The number of nitrogens with two attached hydrogens (primary N) is 1. The SMILES string of the molecule is CN(C)C(C)(C)C(NN)c1ccc(C(C)(C)C)cc1. The Labute approximate surface area is 118 Å². The van der Waals surface area contributed by atoms with Gasteiger partial charge in [0.15, 0.2) is 0 Å². The standard InChI is InChI=1S/C16H29N3/c1-15(2,3)13-10-8-12(9-11-13)14(18-17)16(4,5)19(6)7/h8-11,14,18H,17H2,1-7H3. The first-order valence-electron chi connectivity index (χ1n) is 6.84. The van der Waals surface area contributed by atoms with Gasteiger partial charge in [-0.05, 0) is 44.5 Å². The van der Waals surface area contributed by atoms with Gasteiger partial charge in [0.25, 0.3) is 0 Å². The van der Waals surface area contributed by atoms with Gasteiger partial charge in [-0.25, -0.2) is 0 Å². The van der Waals surface area contributed by atoms with E-state index in [4.69, 9.17) is 5.84 Å². The van der Waals surface area contributed by atoms with Crippen LogP contribution in [-0.4, -0.2) is 24.5 Å². The van der Waals surface area contributed by atoms with E-state index in [1.165, 1.54) is 11.1 Å². The first-order chi connectivity index (χ1) is 8.60. The fourth-order valence-corrected chi connectivity index (χ4v) is 2.14. The van der Waals surface area contributed by atoms with Gasteiger partial charge in [0.2, 0.25) is 0 Å². The van der Waals surface area contributed by atoms with Gasteiger partial charge in [-0.2, -0.15) is 0 Å². The van der Waals surface area contributed by atoms with Crippen molar-refractivity contribution in [2.75, 3.05) is 14.1 Å². The van der Waals surface area contributed by atoms with E-state index in [9.17, 15) is 0 Å². The molecule has 1 atom stereocenters. The Balaban J connectivity index is 3.08. The molecule has 0 aliphatic carbocycles. The zero-order valence-corrected chi connectivity index (χ0v) is 13.4. The highest BCUT2D eigenvalue weighted by Crippen LogP contribution is 2.30. The highest BCUT2D eigenvalue weighted by Gasteiger charge is 2.32. The first kappa shape index (κ1) is 16.2. The Morgan fingerprint density at radius 1 is 1.00 bits per heavy atom. The number of hydrogen-bond acceptors (Lipinski definition) is 3. The second-order valence-electron chi connectivity index (χ2n) is 7.02. The number of benzene rings is 1. The van der Waals surface area contributed by atoms with Crippen LogP contribution in [0.3, 0.4) is 0 Å². The van der Waals surface area contributed by atoms with Crippen molar-refractivity contribution in [2.45, 2.75) is 51.6 Å². The quantitative estimate of drug-likeness (QED) is 0.648. The summed E-state index contributed by atoms with van der Waals surface area (Å²) in [6.07, 6.45) is 0. The summed E-state index contributed by atoms with van der Waals surface area (Å²) >= 11 is 0. The van der Waals surface area contributed by atoms with Crippen LogP contribution in [0.2, 0.25) is 0 Å². The lowest BCUT2D eigenvalue weighted by atomic mass is 9.83. The zero-order chi connectivity index (χ0) is 14.8. The summed E-state index contributed by atoms with van der Waals surface area (Å²) in [4.78, 5) is 2.19. The minimum atomic E-state index is -0.0575. The topological polar surface area (TPSA) is 41.3 Å². The van der Waals surface area contributed by atoms with E-state index in [1.807, 2.05) is 0 Å². The number of hydrazine groups is 1. The van der Waals surface area contributed by atoms with Crippen LogP contribution in [0, 0.1) is 0 Å². The molecule has 1 aromatic rings. The molecular formula is C16H29N3. The smallest absolute Gasteiger partial charge is 0.0638 e. The average Bonchev–Trinajstić information content (AvgIpc) is 2.28. The molecule has 0 aromatic heterocycles. The normalized spacial score (nSPS) is 14.8. The van der Waals surface area contributed by atoms with Crippen molar-refractivity contribution in [3.8, 4) is 0 Å². The van der Waals surface area contributed by atoms with Crippen molar-refractivity contribution in [2.24, 2.45) is 5.84 Å². The summed E-state index contributed by atoms with van der Waals surface area (Å²) in [6.45, 7) is 11.1. The van der Waals surface area contributed by atoms with E-state index in [1.54, 1.807) is 0 Å². The Bertz CT molecular complexity index is 399. The molecule has 0 heterocycles. The lowest BCUT2D eigenvalue weighted by Gasteiger charge is -2.40. The predicted octanol–water partition coefficient (Wildman–Crippen LogP) is 2.83. The van der Waals surface area contributed by atoms with Gasteiger partial charge in [-0.3, -0.25) is 11.3 Å². The zero-order valence-electron chi connectivity index (χ0n) is 13.4. The van der Waals surface area contributed by atoms with E-state index in [-0.39, 0.29) is 17.0 Å².